The first-order valence-electron chi connectivity index (χ1n) is 8.61. The van der Waals surface area contributed by atoms with Crippen LogP contribution in [0.4, 0.5) is 13.2 Å². The number of alkyl halides is 3. The topological polar surface area (TPSA) is 62.2 Å². The van der Waals surface area contributed by atoms with Gasteiger partial charge in [-0.15, -0.1) is 12.4 Å². The highest BCUT2D eigenvalue weighted by molar-refractivity contribution is 5.92. The third kappa shape index (κ3) is 5.59. The number of rotatable bonds is 6. The lowest BCUT2D eigenvalue weighted by Gasteiger charge is -2.35. The van der Waals surface area contributed by atoms with E-state index < -0.39 is 24.7 Å². The smallest absolute Gasteiger partial charge is 0.349 e. The molecular weight excluding hydrogens is 371 g/mol. The molecule has 1 amide bonds. The molecule has 1 fully saturated rings. The van der Waals surface area contributed by atoms with E-state index in [0.717, 1.165) is 5.69 Å². The summed E-state index contributed by atoms with van der Waals surface area (Å²) in [6, 6.07) is -0.0298. The van der Waals surface area contributed by atoms with Crippen molar-refractivity contribution < 1.29 is 18.0 Å². The maximum absolute atomic E-state index is 13.4. The average molecular weight is 398 g/mol. The third-order valence-corrected chi connectivity index (χ3v) is 4.35. The van der Waals surface area contributed by atoms with E-state index in [-0.39, 0.29) is 18.3 Å². The highest BCUT2D eigenvalue weighted by Crippen LogP contribution is 2.25. The zero-order valence-corrected chi connectivity index (χ0v) is 16.1. The molecule has 1 saturated heterocycles. The van der Waals surface area contributed by atoms with Gasteiger partial charge in [0.25, 0.3) is 5.91 Å². The van der Waals surface area contributed by atoms with Crippen LogP contribution in [-0.2, 0) is 6.54 Å². The van der Waals surface area contributed by atoms with E-state index in [1.807, 2.05) is 20.8 Å². The Morgan fingerprint density at radius 1 is 1.35 bits per heavy atom. The van der Waals surface area contributed by atoms with E-state index in [2.05, 4.69) is 15.7 Å². The predicted molar refractivity (Wildman–Crippen MR) is 95.9 cm³/mol. The predicted octanol–water partition coefficient (Wildman–Crippen LogP) is 2.01. The van der Waals surface area contributed by atoms with Crippen molar-refractivity contribution in [3.05, 3.63) is 17.5 Å². The van der Waals surface area contributed by atoms with Crippen LogP contribution in [0.2, 0.25) is 0 Å². The van der Waals surface area contributed by atoms with E-state index in [9.17, 15) is 18.0 Å². The summed E-state index contributed by atoms with van der Waals surface area (Å²) in [5.41, 5.74) is 1.05. The number of hydrogen-bond donors (Lipinski definition) is 2. The van der Waals surface area contributed by atoms with Crippen molar-refractivity contribution in [2.45, 2.75) is 45.5 Å². The zero-order chi connectivity index (χ0) is 18.6. The molecule has 0 bridgehead atoms. The lowest BCUT2D eigenvalue weighted by atomic mass is 10.1. The van der Waals surface area contributed by atoms with Crippen LogP contribution in [0, 0.1) is 0 Å². The SMILES string of the molecule is CCn1nc(C(C)C)cc1C(=O)NCC(N1CCNCC1)C(F)(F)F.Cl. The Bertz CT molecular complexity index is 585. The maximum Gasteiger partial charge on any atom is 0.405 e. The maximum atomic E-state index is 13.4. The third-order valence-electron chi connectivity index (χ3n) is 4.35. The molecule has 1 unspecified atom stereocenters. The van der Waals surface area contributed by atoms with Crippen LogP contribution in [0.3, 0.4) is 0 Å². The van der Waals surface area contributed by atoms with Crippen molar-refractivity contribution in [3.63, 3.8) is 0 Å². The zero-order valence-electron chi connectivity index (χ0n) is 15.3. The van der Waals surface area contributed by atoms with Crippen LogP contribution in [0.25, 0.3) is 0 Å². The molecule has 0 saturated carbocycles. The van der Waals surface area contributed by atoms with Crippen molar-refractivity contribution in [2.24, 2.45) is 0 Å². The minimum absolute atomic E-state index is 0. The number of aromatic nitrogens is 2. The second kappa shape index (κ2) is 9.57. The van der Waals surface area contributed by atoms with E-state index in [1.165, 1.54) is 9.58 Å². The fraction of sp³-hybridized carbons (Fsp3) is 0.750. The van der Waals surface area contributed by atoms with E-state index >= 15 is 0 Å². The van der Waals surface area contributed by atoms with Gasteiger partial charge in [0.05, 0.1) is 5.69 Å². The molecule has 0 spiro atoms. The van der Waals surface area contributed by atoms with Gasteiger partial charge in [0.15, 0.2) is 0 Å². The standard InChI is InChI=1S/C16H26F3N5O.ClH/c1-4-24-13(9-12(22-24)11(2)3)15(25)21-10-14(16(17,18)19)23-7-5-20-6-8-23;/h9,11,14,20H,4-8,10H2,1-3H3,(H,21,25);1H. The molecule has 10 heteroatoms. The van der Waals surface area contributed by atoms with Gasteiger partial charge in [-0.05, 0) is 18.9 Å². The molecule has 0 aromatic carbocycles. The van der Waals surface area contributed by atoms with E-state index in [1.54, 1.807) is 6.07 Å². The fourth-order valence-corrected chi connectivity index (χ4v) is 2.87. The highest BCUT2D eigenvalue weighted by atomic mass is 35.5. The van der Waals surface area contributed by atoms with Crippen LogP contribution >= 0.6 is 12.4 Å². The number of piperazine rings is 1. The quantitative estimate of drug-likeness (QED) is 0.771. The number of hydrogen-bond acceptors (Lipinski definition) is 4. The van der Waals surface area contributed by atoms with Crippen LogP contribution in [-0.4, -0.2) is 65.5 Å². The number of nitrogens with zero attached hydrogens (tertiary/aromatic N) is 3. The van der Waals surface area contributed by atoms with Crippen molar-refractivity contribution in [2.75, 3.05) is 32.7 Å². The average Bonchev–Trinajstić information content (AvgIpc) is 2.99. The molecular formula is C16H27ClF3N5O. The number of carbonyl (C=O) groups excluding carboxylic acids is 1. The Hall–Kier alpha value is -1.32. The van der Waals surface area contributed by atoms with Gasteiger partial charge < -0.3 is 10.6 Å². The van der Waals surface area contributed by atoms with Gasteiger partial charge >= 0.3 is 6.18 Å². The molecule has 1 aliphatic rings. The second-order valence-corrected chi connectivity index (χ2v) is 6.48. The Morgan fingerprint density at radius 2 is 1.96 bits per heavy atom. The summed E-state index contributed by atoms with van der Waals surface area (Å²) in [4.78, 5) is 13.8. The van der Waals surface area contributed by atoms with Crippen molar-refractivity contribution >= 4 is 18.3 Å². The molecule has 26 heavy (non-hydrogen) atoms. The minimum atomic E-state index is -4.39. The summed E-state index contributed by atoms with van der Waals surface area (Å²) in [6.07, 6.45) is -4.39. The summed E-state index contributed by atoms with van der Waals surface area (Å²) in [5.74, 6) is -0.381. The normalized spacial score (nSPS) is 17.0. The molecule has 1 atom stereocenters. The molecule has 2 N–H and O–H groups in total. The molecule has 1 aromatic heterocycles. The van der Waals surface area contributed by atoms with Crippen LogP contribution in [0.1, 0.15) is 42.9 Å². The molecule has 0 radical (unpaired) electrons. The largest absolute Gasteiger partial charge is 0.405 e. The van der Waals surface area contributed by atoms with E-state index in [0.29, 0.717) is 38.4 Å². The summed E-state index contributed by atoms with van der Waals surface area (Å²) < 4.78 is 41.7. The first-order valence-corrected chi connectivity index (χ1v) is 8.61. The molecule has 2 rings (SSSR count). The fourth-order valence-electron chi connectivity index (χ4n) is 2.87. The minimum Gasteiger partial charge on any atom is -0.349 e. The summed E-state index contributed by atoms with van der Waals surface area (Å²) >= 11 is 0. The summed E-state index contributed by atoms with van der Waals surface area (Å²) in [5, 5.41) is 9.81. The lowest BCUT2D eigenvalue weighted by Crippen LogP contribution is -2.57. The first kappa shape index (κ1) is 22.7. The van der Waals surface area contributed by atoms with Crippen LogP contribution in [0.15, 0.2) is 6.07 Å². The molecule has 0 aliphatic carbocycles. The van der Waals surface area contributed by atoms with Crippen molar-refractivity contribution in [1.82, 2.24) is 25.3 Å². The number of amides is 1. The van der Waals surface area contributed by atoms with Gasteiger partial charge in [-0.2, -0.15) is 18.3 Å². The highest BCUT2D eigenvalue weighted by Gasteiger charge is 2.43. The second-order valence-electron chi connectivity index (χ2n) is 6.48. The lowest BCUT2D eigenvalue weighted by molar-refractivity contribution is -0.183. The Morgan fingerprint density at radius 3 is 2.46 bits per heavy atom. The van der Waals surface area contributed by atoms with Gasteiger partial charge in [0.1, 0.15) is 11.7 Å². The number of nitrogens with one attached hydrogen (secondary N) is 2. The van der Waals surface area contributed by atoms with Gasteiger partial charge in [0.2, 0.25) is 0 Å². The Labute approximate surface area is 157 Å². The number of halogens is 4. The Kier molecular flexibility index (Phi) is 8.36. The van der Waals surface area contributed by atoms with Crippen LogP contribution < -0.4 is 10.6 Å². The van der Waals surface area contributed by atoms with Gasteiger partial charge in [0, 0.05) is 39.3 Å². The van der Waals surface area contributed by atoms with E-state index in [4.69, 9.17) is 0 Å². The van der Waals surface area contributed by atoms with Crippen molar-refractivity contribution in [3.8, 4) is 0 Å². The molecule has 150 valence electrons. The summed E-state index contributed by atoms with van der Waals surface area (Å²) in [6.45, 7) is 7.41. The number of carbonyl (C=O) groups is 1. The Balaban J connectivity index is 0.00000338. The van der Waals surface area contributed by atoms with Crippen molar-refractivity contribution in [1.29, 1.82) is 0 Å². The molecule has 6 nitrogen and oxygen atoms in total. The first-order chi connectivity index (χ1) is 11.7. The van der Waals surface area contributed by atoms with Gasteiger partial charge in [-0.3, -0.25) is 14.4 Å². The van der Waals surface area contributed by atoms with Crippen LogP contribution in [0.5, 0.6) is 0 Å². The van der Waals surface area contributed by atoms with Gasteiger partial charge in [-0.1, -0.05) is 13.8 Å². The summed E-state index contributed by atoms with van der Waals surface area (Å²) in [7, 11) is 0. The van der Waals surface area contributed by atoms with Gasteiger partial charge in [-0.25, -0.2) is 0 Å². The number of aryl methyl sites for hydroxylation is 1. The molecule has 1 aliphatic heterocycles. The molecule has 1 aromatic rings. The molecule has 2 heterocycles. The monoisotopic (exact) mass is 397 g/mol.